The molecule has 23 heavy (non-hydrogen) atoms. The van der Waals surface area contributed by atoms with Crippen molar-refractivity contribution >= 4 is 27.5 Å². The molecule has 6 nitrogen and oxygen atoms in total. The molecule has 1 fully saturated rings. The van der Waals surface area contributed by atoms with Gasteiger partial charge in [0.2, 0.25) is 15.9 Å². The predicted molar refractivity (Wildman–Crippen MR) is 87.8 cm³/mol. The topological polar surface area (TPSA) is 75.7 Å². The number of nitrogens with zero attached hydrogens (tertiary/aromatic N) is 1. The quantitative estimate of drug-likeness (QED) is 0.780. The summed E-state index contributed by atoms with van der Waals surface area (Å²) in [4.78, 5) is 12.2. The van der Waals surface area contributed by atoms with E-state index in [1.165, 1.54) is 16.4 Å². The van der Waals surface area contributed by atoms with Crippen LogP contribution in [0.3, 0.4) is 0 Å². The first kappa shape index (κ1) is 18.2. The summed E-state index contributed by atoms with van der Waals surface area (Å²) >= 11 is 5.87. The van der Waals surface area contributed by atoms with Crippen molar-refractivity contribution in [3.8, 4) is 0 Å². The number of hydrogen-bond donors (Lipinski definition) is 1. The van der Waals surface area contributed by atoms with E-state index in [1.54, 1.807) is 19.2 Å². The van der Waals surface area contributed by atoms with Crippen LogP contribution in [0.1, 0.15) is 12.8 Å². The highest BCUT2D eigenvalue weighted by Crippen LogP contribution is 2.25. The molecule has 1 aromatic carbocycles. The number of ether oxygens (including phenoxy) is 1. The van der Waals surface area contributed by atoms with Crippen LogP contribution in [0.2, 0.25) is 5.02 Å². The monoisotopic (exact) mass is 360 g/mol. The maximum atomic E-state index is 12.6. The Morgan fingerprint density at radius 1 is 1.39 bits per heavy atom. The van der Waals surface area contributed by atoms with Gasteiger partial charge in [-0.2, -0.15) is 4.31 Å². The number of amides is 1. The Bertz CT molecular complexity index is 643. The number of halogens is 1. The van der Waals surface area contributed by atoms with Gasteiger partial charge in [-0.25, -0.2) is 8.42 Å². The molecule has 8 heteroatoms. The number of carbonyl (C=O) groups excluding carboxylic acids is 1. The summed E-state index contributed by atoms with van der Waals surface area (Å²) in [5.41, 5.74) is 0. The van der Waals surface area contributed by atoms with Crippen molar-refractivity contribution in [1.82, 2.24) is 9.62 Å². The van der Waals surface area contributed by atoms with Crippen molar-refractivity contribution in [3.05, 3.63) is 29.3 Å². The highest BCUT2D eigenvalue weighted by molar-refractivity contribution is 7.89. The minimum Gasteiger partial charge on any atom is -0.383 e. The van der Waals surface area contributed by atoms with Crippen LogP contribution in [0.15, 0.2) is 29.2 Å². The molecular formula is C15H21ClN2O4S. The summed E-state index contributed by atoms with van der Waals surface area (Å²) in [6, 6.07) is 6.23. The number of benzene rings is 1. The lowest BCUT2D eigenvalue weighted by molar-refractivity contribution is -0.126. The van der Waals surface area contributed by atoms with E-state index in [4.69, 9.17) is 16.3 Å². The van der Waals surface area contributed by atoms with Gasteiger partial charge < -0.3 is 10.1 Å². The molecule has 2 rings (SSSR count). The molecule has 1 aromatic rings. The fourth-order valence-electron chi connectivity index (χ4n) is 2.56. The third-order valence-corrected chi connectivity index (χ3v) is 5.99. The molecule has 0 atom stereocenters. The van der Waals surface area contributed by atoms with Crippen LogP contribution in [-0.4, -0.2) is 52.0 Å². The van der Waals surface area contributed by atoms with Gasteiger partial charge in [-0.1, -0.05) is 17.7 Å². The number of nitrogens with one attached hydrogen (secondary N) is 1. The van der Waals surface area contributed by atoms with E-state index in [1.807, 2.05) is 0 Å². The van der Waals surface area contributed by atoms with Crippen LogP contribution < -0.4 is 5.32 Å². The van der Waals surface area contributed by atoms with Gasteiger partial charge in [0, 0.05) is 37.7 Å². The van der Waals surface area contributed by atoms with Crippen molar-refractivity contribution in [1.29, 1.82) is 0 Å². The highest BCUT2D eigenvalue weighted by atomic mass is 35.5. The van der Waals surface area contributed by atoms with E-state index in [-0.39, 0.29) is 16.7 Å². The van der Waals surface area contributed by atoms with Crippen molar-refractivity contribution in [2.45, 2.75) is 17.7 Å². The van der Waals surface area contributed by atoms with Crippen LogP contribution in [-0.2, 0) is 19.6 Å². The molecule has 128 valence electrons. The SMILES string of the molecule is COCCNC(=O)C1CCN(S(=O)(=O)c2cccc(Cl)c2)CC1. The van der Waals surface area contributed by atoms with Gasteiger partial charge in [0.1, 0.15) is 0 Å². The number of piperidine rings is 1. The second-order valence-electron chi connectivity index (χ2n) is 5.42. The van der Waals surface area contributed by atoms with E-state index in [2.05, 4.69) is 5.32 Å². The van der Waals surface area contributed by atoms with E-state index >= 15 is 0 Å². The molecule has 1 heterocycles. The highest BCUT2D eigenvalue weighted by Gasteiger charge is 2.32. The number of sulfonamides is 1. The minimum absolute atomic E-state index is 0.0400. The molecule has 0 bridgehead atoms. The summed E-state index contributed by atoms with van der Waals surface area (Å²) in [6.07, 6.45) is 1.03. The normalized spacial score (nSPS) is 17.1. The molecule has 0 radical (unpaired) electrons. The van der Waals surface area contributed by atoms with E-state index < -0.39 is 10.0 Å². The number of rotatable bonds is 6. The van der Waals surface area contributed by atoms with Crippen molar-refractivity contribution < 1.29 is 17.9 Å². The number of methoxy groups -OCH3 is 1. The number of hydrogen-bond acceptors (Lipinski definition) is 4. The standard InChI is InChI=1S/C15H21ClN2O4S/c1-22-10-7-17-15(19)12-5-8-18(9-6-12)23(20,21)14-4-2-3-13(16)11-14/h2-4,11-12H,5-10H2,1H3,(H,17,19). The zero-order chi connectivity index (χ0) is 16.9. The Morgan fingerprint density at radius 2 is 2.09 bits per heavy atom. The Labute approximate surface area is 141 Å². The third kappa shape index (κ3) is 4.67. The molecule has 0 aliphatic carbocycles. The molecule has 1 N–H and O–H groups in total. The molecule has 0 unspecified atom stereocenters. The van der Waals surface area contributed by atoms with Crippen LogP contribution in [0, 0.1) is 5.92 Å². The molecule has 0 spiro atoms. The second-order valence-corrected chi connectivity index (χ2v) is 7.79. The summed E-state index contributed by atoms with van der Waals surface area (Å²) in [6.45, 7) is 1.60. The van der Waals surface area contributed by atoms with Gasteiger partial charge in [-0.3, -0.25) is 4.79 Å². The lowest BCUT2D eigenvalue weighted by atomic mass is 9.97. The summed E-state index contributed by atoms with van der Waals surface area (Å²) < 4.78 is 31.5. The molecule has 1 aliphatic rings. The molecule has 1 amide bonds. The molecule has 1 aliphatic heterocycles. The average Bonchev–Trinajstić information content (AvgIpc) is 2.55. The van der Waals surface area contributed by atoms with Gasteiger partial charge in [-0.05, 0) is 31.0 Å². The van der Waals surface area contributed by atoms with Crippen molar-refractivity contribution in [3.63, 3.8) is 0 Å². The summed E-state index contributed by atoms with van der Waals surface area (Å²) in [5.74, 6) is -0.195. The first-order valence-corrected chi connectivity index (χ1v) is 9.29. The van der Waals surface area contributed by atoms with Gasteiger partial charge in [0.15, 0.2) is 0 Å². The van der Waals surface area contributed by atoms with Gasteiger partial charge in [0.05, 0.1) is 11.5 Å². The van der Waals surface area contributed by atoms with Crippen LogP contribution in [0.5, 0.6) is 0 Å². The maximum absolute atomic E-state index is 12.6. The molecule has 0 saturated carbocycles. The first-order valence-electron chi connectivity index (χ1n) is 7.47. The lowest BCUT2D eigenvalue weighted by Crippen LogP contribution is -2.43. The van der Waals surface area contributed by atoms with Crippen LogP contribution in [0.25, 0.3) is 0 Å². The Balaban J connectivity index is 1.94. The van der Waals surface area contributed by atoms with E-state index in [9.17, 15) is 13.2 Å². The maximum Gasteiger partial charge on any atom is 0.243 e. The van der Waals surface area contributed by atoms with E-state index in [0.29, 0.717) is 44.1 Å². The van der Waals surface area contributed by atoms with Gasteiger partial charge in [0.25, 0.3) is 0 Å². The van der Waals surface area contributed by atoms with Crippen LogP contribution in [0.4, 0.5) is 0 Å². The fourth-order valence-corrected chi connectivity index (χ4v) is 4.33. The van der Waals surface area contributed by atoms with Crippen molar-refractivity contribution in [2.75, 3.05) is 33.4 Å². The zero-order valence-corrected chi connectivity index (χ0v) is 14.6. The van der Waals surface area contributed by atoms with Crippen LogP contribution >= 0.6 is 11.6 Å². The van der Waals surface area contributed by atoms with Gasteiger partial charge in [-0.15, -0.1) is 0 Å². The van der Waals surface area contributed by atoms with E-state index in [0.717, 1.165) is 0 Å². The Morgan fingerprint density at radius 3 is 2.70 bits per heavy atom. The Kier molecular flexibility index (Phi) is 6.41. The smallest absolute Gasteiger partial charge is 0.243 e. The summed E-state index contributed by atoms with van der Waals surface area (Å²) in [7, 11) is -1.98. The average molecular weight is 361 g/mol. The van der Waals surface area contributed by atoms with Crippen molar-refractivity contribution in [2.24, 2.45) is 5.92 Å². The number of carbonyl (C=O) groups is 1. The predicted octanol–water partition coefficient (Wildman–Crippen LogP) is 1.50. The fraction of sp³-hybridized carbons (Fsp3) is 0.533. The molecular weight excluding hydrogens is 340 g/mol. The minimum atomic E-state index is -3.56. The second kappa shape index (κ2) is 8.10. The van der Waals surface area contributed by atoms with Gasteiger partial charge >= 0.3 is 0 Å². The first-order chi connectivity index (χ1) is 10.9. The lowest BCUT2D eigenvalue weighted by Gasteiger charge is -2.30. The molecule has 0 aromatic heterocycles. The largest absolute Gasteiger partial charge is 0.383 e. The zero-order valence-electron chi connectivity index (χ0n) is 13.0. The Hall–Kier alpha value is -1.15. The third-order valence-electron chi connectivity index (χ3n) is 3.86. The molecule has 1 saturated heterocycles. The summed E-state index contributed by atoms with van der Waals surface area (Å²) in [5, 5.41) is 3.18.